The molecule has 2 aliphatic rings. The Hall–Kier alpha value is -1.76. The Morgan fingerprint density at radius 2 is 2.09 bits per heavy atom. The van der Waals surface area contributed by atoms with Gasteiger partial charge in [-0.05, 0) is 48.9 Å². The number of amides is 2. The van der Waals surface area contributed by atoms with Crippen LogP contribution in [0.3, 0.4) is 0 Å². The van der Waals surface area contributed by atoms with Crippen molar-refractivity contribution in [2.24, 2.45) is 0 Å². The van der Waals surface area contributed by atoms with Crippen LogP contribution in [0.25, 0.3) is 0 Å². The maximum atomic E-state index is 11.7. The lowest BCUT2D eigenvalue weighted by molar-refractivity contribution is 0.233. The van der Waals surface area contributed by atoms with Gasteiger partial charge in [0, 0.05) is 6.04 Å². The highest BCUT2D eigenvalue weighted by atomic mass is 32.2. The van der Waals surface area contributed by atoms with Gasteiger partial charge in [0.25, 0.3) is 0 Å². The van der Waals surface area contributed by atoms with Gasteiger partial charge in [-0.25, -0.2) is 13.2 Å². The molecule has 0 saturated carbocycles. The van der Waals surface area contributed by atoms with Crippen molar-refractivity contribution >= 4 is 15.9 Å². The molecule has 1 unspecified atom stereocenters. The molecule has 2 amide bonds. The number of hydrogen-bond donors (Lipinski definition) is 2. The van der Waals surface area contributed by atoms with Crippen molar-refractivity contribution in [3.63, 3.8) is 0 Å². The molecule has 0 radical (unpaired) electrons. The van der Waals surface area contributed by atoms with Gasteiger partial charge in [0.2, 0.25) is 0 Å². The average Bonchev–Trinajstić information content (AvgIpc) is 3.09. The Bertz CT molecular complexity index is 687. The lowest BCUT2D eigenvalue weighted by Crippen LogP contribution is -2.43. The third kappa shape index (κ3) is 4.37. The maximum absolute atomic E-state index is 11.7. The smallest absolute Gasteiger partial charge is 0.315 e. The summed E-state index contributed by atoms with van der Waals surface area (Å²) in [5.41, 5.74) is 2.76. The van der Waals surface area contributed by atoms with Gasteiger partial charge in [-0.15, -0.1) is 0 Å². The number of rotatable bonds is 5. The van der Waals surface area contributed by atoms with Crippen LogP contribution in [0.15, 0.2) is 18.2 Å². The fourth-order valence-corrected chi connectivity index (χ4v) is 4.79. The molecule has 0 bridgehead atoms. The molecule has 1 aliphatic heterocycles. The highest BCUT2D eigenvalue weighted by Crippen LogP contribution is 2.25. The molecule has 1 aliphatic carbocycles. The van der Waals surface area contributed by atoms with Crippen molar-refractivity contribution in [3.8, 4) is 5.75 Å². The molecular weight excluding hydrogens is 316 g/mol. The van der Waals surface area contributed by atoms with E-state index in [9.17, 15) is 13.2 Å². The summed E-state index contributed by atoms with van der Waals surface area (Å²) in [5.74, 6) is 1.01. The molecule has 23 heavy (non-hydrogen) atoms. The van der Waals surface area contributed by atoms with Gasteiger partial charge in [0.1, 0.15) is 12.4 Å². The van der Waals surface area contributed by atoms with Gasteiger partial charge >= 0.3 is 6.03 Å². The van der Waals surface area contributed by atoms with E-state index in [1.54, 1.807) is 0 Å². The largest absolute Gasteiger partial charge is 0.492 e. The molecule has 1 saturated heterocycles. The summed E-state index contributed by atoms with van der Waals surface area (Å²) in [7, 11) is -2.97. The molecule has 7 heteroatoms. The Kier molecular flexibility index (Phi) is 4.75. The van der Waals surface area contributed by atoms with E-state index in [0.717, 1.165) is 18.6 Å². The van der Waals surface area contributed by atoms with E-state index in [0.29, 0.717) is 19.6 Å². The zero-order valence-corrected chi connectivity index (χ0v) is 13.8. The minimum absolute atomic E-state index is 0.0338. The molecule has 1 atom stereocenters. The first-order valence-electron chi connectivity index (χ1n) is 8.01. The summed E-state index contributed by atoms with van der Waals surface area (Å²) >= 11 is 0. The number of carbonyl (C=O) groups excluding carboxylic acids is 1. The van der Waals surface area contributed by atoms with Crippen LogP contribution in [-0.4, -0.2) is 45.1 Å². The van der Waals surface area contributed by atoms with Gasteiger partial charge in [-0.3, -0.25) is 0 Å². The Morgan fingerprint density at radius 3 is 2.87 bits per heavy atom. The topological polar surface area (TPSA) is 84.5 Å². The van der Waals surface area contributed by atoms with E-state index < -0.39 is 9.84 Å². The number of urea groups is 1. The van der Waals surface area contributed by atoms with Crippen molar-refractivity contribution in [3.05, 3.63) is 29.3 Å². The second kappa shape index (κ2) is 6.78. The number of carbonyl (C=O) groups is 1. The van der Waals surface area contributed by atoms with Gasteiger partial charge in [-0.1, -0.05) is 6.07 Å². The van der Waals surface area contributed by atoms with Crippen molar-refractivity contribution in [1.82, 2.24) is 10.6 Å². The van der Waals surface area contributed by atoms with E-state index in [1.807, 2.05) is 6.07 Å². The lowest BCUT2D eigenvalue weighted by Gasteiger charge is -2.13. The van der Waals surface area contributed by atoms with Crippen molar-refractivity contribution in [2.75, 3.05) is 24.7 Å². The fourth-order valence-electron chi connectivity index (χ4n) is 3.12. The lowest BCUT2D eigenvalue weighted by atomic mass is 10.1. The summed E-state index contributed by atoms with van der Waals surface area (Å²) < 4.78 is 28.3. The highest BCUT2D eigenvalue weighted by Gasteiger charge is 2.28. The van der Waals surface area contributed by atoms with Crippen LogP contribution < -0.4 is 15.4 Å². The standard InChI is InChI=1S/C16H22N2O4S/c19-16(18-14-6-9-23(20,21)11-14)17-7-8-22-15-5-4-12-2-1-3-13(12)10-15/h4-5,10,14H,1-3,6-9,11H2,(H2,17,18,19). The zero-order valence-electron chi connectivity index (χ0n) is 13.0. The van der Waals surface area contributed by atoms with Crippen molar-refractivity contribution in [1.29, 1.82) is 0 Å². The van der Waals surface area contributed by atoms with Crippen LogP contribution in [0.4, 0.5) is 4.79 Å². The number of fused-ring (bicyclic) bond motifs is 1. The Morgan fingerprint density at radius 1 is 1.26 bits per heavy atom. The summed E-state index contributed by atoms with van der Waals surface area (Å²) in [5, 5.41) is 5.37. The molecule has 0 aromatic heterocycles. The Balaban J connectivity index is 1.36. The monoisotopic (exact) mass is 338 g/mol. The quantitative estimate of drug-likeness (QED) is 0.786. The molecule has 1 aromatic carbocycles. The van der Waals surface area contributed by atoms with Gasteiger partial charge in [0.15, 0.2) is 9.84 Å². The second-order valence-electron chi connectivity index (χ2n) is 6.13. The maximum Gasteiger partial charge on any atom is 0.315 e. The third-order valence-corrected chi connectivity index (χ3v) is 6.06. The molecule has 1 aromatic rings. The highest BCUT2D eigenvalue weighted by molar-refractivity contribution is 7.91. The predicted molar refractivity (Wildman–Crippen MR) is 87.6 cm³/mol. The molecule has 1 fully saturated rings. The number of aryl methyl sites for hydroxylation is 2. The number of nitrogens with one attached hydrogen (secondary N) is 2. The van der Waals surface area contributed by atoms with Crippen LogP contribution in [0.5, 0.6) is 5.75 Å². The number of benzene rings is 1. The first-order chi connectivity index (χ1) is 11.0. The molecule has 3 rings (SSSR count). The van der Waals surface area contributed by atoms with Gasteiger partial charge in [-0.2, -0.15) is 0 Å². The fraction of sp³-hybridized carbons (Fsp3) is 0.562. The van der Waals surface area contributed by atoms with Crippen molar-refractivity contribution < 1.29 is 17.9 Å². The minimum Gasteiger partial charge on any atom is -0.492 e. The zero-order chi connectivity index (χ0) is 16.3. The van der Waals surface area contributed by atoms with E-state index in [-0.39, 0.29) is 23.6 Å². The van der Waals surface area contributed by atoms with Crippen LogP contribution in [0.2, 0.25) is 0 Å². The number of ether oxygens (including phenoxy) is 1. The van der Waals surface area contributed by atoms with Crippen molar-refractivity contribution in [2.45, 2.75) is 31.7 Å². The SMILES string of the molecule is O=C(NCCOc1ccc2c(c1)CCC2)NC1CCS(=O)(=O)C1. The van der Waals surface area contributed by atoms with Crippen LogP contribution in [0.1, 0.15) is 24.0 Å². The molecule has 6 nitrogen and oxygen atoms in total. The predicted octanol–water partition coefficient (Wildman–Crippen LogP) is 1.04. The molecular formula is C16H22N2O4S. The first-order valence-corrected chi connectivity index (χ1v) is 9.83. The van der Waals surface area contributed by atoms with Gasteiger partial charge in [0.05, 0.1) is 18.1 Å². The minimum atomic E-state index is -2.97. The summed E-state index contributed by atoms with van der Waals surface area (Å²) in [6, 6.07) is 5.53. The summed E-state index contributed by atoms with van der Waals surface area (Å²) in [4.78, 5) is 11.7. The molecule has 126 valence electrons. The summed E-state index contributed by atoms with van der Waals surface area (Å²) in [6.45, 7) is 0.761. The third-order valence-electron chi connectivity index (χ3n) is 4.29. The van der Waals surface area contributed by atoms with E-state index in [1.165, 1.54) is 17.5 Å². The Labute approximate surface area is 136 Å². The van der Waals surface area contributed by atoms with Crippen LogP contribution >= 0.6 is 0 Å². The van der Waals surface area contributed by atoms with E-state index in [2.05, 4.69) is 22.8 Å². The normalized spacial score (nSPS) is 21.7. The number of hydrogen-bond acceptors (Lipinski definition) is 4. The molecule has 0 spiro atoms. The van der Waals surface area contributed by atoms with E-state index in [4.69, 9.17) is 4.74 Å². The molecule has 1 heterocycles. The van der Waals surface area contributed by atoms with Gasteiger partial charge < -0.3 is 15.4 Å². The van der Waals surface area contributed by atoms with E-state index >= 15 is 0 Å². The number of sulfone groups is 1. The molecule has 2 N–H and O–H groups in total. The first kappa shape index (κ1) is 16.1. The second-order valence-corrected chi connectivity index (χ2v) is 8.36. The average molecular weight is 338 g/mol. The van der Waals surface area contributed by atoms with Crippen LogP contribution in [0, 0.1) is 0 Å². The van der Waals surface area contributed by atoms with Crippen LogP contribution in [-0.2, 0) is 22.7 Å². The summed E-state index contributed by atoms with van der Waals surface area (Å²) in [6.07, 6.45) is 3.95.